The third-order valence-corrected chi connectivity index (χ3v) is 11.3. The van der Waals surface area contributed by atoms with E-state index in [1.165, 1.54) is 11.1 Å². The highest BCUT2D eigenvalue weighted by Crippen LogP contribution is 2.65. The number of carbonyl (C=O) groups is 1. The minimum atomic E-state index is -0.978. The van der Waals surface area contributed by atoms with Crippen LogP contribution in [0.5, 0.6) is 11.5 Å². The molecule has 0 amide bonds. The van der Waals surface area contributed by atoms with Crippen LogP contribution in [0.1, 0.15) is 72.0 Å². The van der Waals surface area contributed by atoms with E-state index < -0.39 is 11.0 Å². The second-order valence-electron chi connectivity index (χ2n) is 13.7. The van der Waals surface area contributed by atoms with E-state index in [9.17, 15) is 15.0 Å². The smallest absolute Gasteiger partial charge is 0.176 e. The predicted molar refractivity (Wildman–Crippen MR) is 177 cm³/mol. The molecule has 1 spiro atoms. The summed E-state index contributed by atoms with van der Waals surface area (Å²) >= 11 is 0. The van der Waals surface area contributed by atoms with Crippen LogP contribution in [-0.4, -0.2) is 75.8 Å². The maximum absolute atomic E-state index is 13.7. The van der Waals surface area contributed by atoms with Crippen molar-refractivity contribution in [3.8, 4) is 11.5 Å². The summed E-state index contributed by atoms with van der Waals surface area (Å²) < 4.78 is 6.84. The number of phenolic OH excluding ortho intramolecular Hbond substituents is 1. The number of aryl methyl sites for hydroxylation is 1. The van der Waals surface area contributed by atoms with Crippen molar-refractivity contribution in [3.63, 3.8) is 0 Å². The van der Waals surface area contributed by atoms with Crippen LogP contribution in [0.3, 0.4) is 0 Å². The molecule has 2 aliphatic heterocycles. The summed E-state index contributed by atoms with van der Waals surface area (Å²) in [6, 6.07) is 23.9. The molecule has 45 heavy (non-hydrogen) atoms. The number of hydrogen-bond acceptors (Lipinski definition) is 6. The average molecular weight is 607 g/mol. The molecule has 2 fully saturated rings. The van der Waals surface area contributed by atoms with E-state index in [1.54, 1.807) is 6.07 Å². The van der Waals surface area contributed by atoms with Gasteiger partial charge in [-0.25, -0.2) is 0 Å². The molecule has 1 saturated heterocycles. The minimum absolute atomic E-state index is 0.0386. The van der Waals surface area contributed by atoms with Gasteiger partial charge in [0.05, 0.1) is 17.6 Å². The fourth-order valence-corrected chi connectivity index (χ4v) is 9.27. The van der Waals surface area contributed by atoms with Crippen molar-refractivity contribution in [2.24, 2.45) is 0 Å². The SMILES string of the molecule is C=CCN1CC[C@]23c4c5ccc(O)c4O[C@H]2[C@@H](N(CCCCCCc2ccccc2)CC(=O)c2ccccc2)CC[C@@]3(O)[C@H]1C5. The predicted octanol–water partition coefficient (Wildman–Crippen LogP) is 6.09. The zero-order valence-electron chi connectivity index (χ0n) is 26.2. The Morgan fingerprint density at radius 3 is 2.53 bits per heavy atom. The average Bonchev–Trinajstić information content (AvgIpc) is 3.41. The van der Waals surface area contributed by atoms with Crippen LogP contribution < -0.4 is 4.74 Å². The van der Waals surface area contributed by atoms with Gasteiger partial charge >= 0.3 is 0 Å². The largest absolute Gasteiger partial charge is 0.504 e. The minimum Gasteiger partial charge on any atom is -0.504 e. The first kappa shape index (κ1) is 30.2. The number of phenols is 1. The fourth-order valence-electron chi connectivity index (χ4n) is 9.27. The lowest BCUT2D eigenvalue weighted by molar-refractivity contribution is -0.198. The Balaban J connectivity index is 1.16. The Bertz CT molecular complexity index is 1530. The van der Waals surface area contributed by atoms with E-state index in [0.717, 1.165) is 82.1 Å². The van der Waals surface area contributed by atoms with Gasteiger partial charge in [-0.3, -0.25) is 14.6 Å². The molecule has 4 aliphatic rings. The second kappa shape index (κ2) is 12.4. The van der Waals surface area contributed by atoms with Gasteiger partial charge < -0.3 is 14.9 Å². The van der Waals surface area contributed by atoms with Crippen LogP contribution >= 0.6 is 0 Å². The monoisotopic (exact) mass is 606 g/mol. The number of hydrogen-bond donors (Lipinski definition) is 2. The highest BCUT2D eigenvalue weighted by molar-refractivity contribution is 5.97. The molecular formula is C39H46N2O4. The highest BCUT2D eigenvalue weighted by Gasteiger charge is 2.73. The number of nitrogens with zero attached hydrogens (tertiary/aromatic N) is 2. The fraction of sp³-hybridized carbons (Fsp3) is 0.462. The van der Waals surface area contributed by atoms with Gasteiger partial charge in [0, 0.05) is 29.8 Å². The standard InChI is InChI=1S/C39H46N2O4/c1-2-23-40-25-22-38-35-30-18-19-32(42)36(35)45-37(38)31(20-21-39(38,44)34(40)26-30)41(27-33(43)29-16-10-6-11-17-29)24-12-4-3-7-13-28-14-8-5-9-15-28/h2,5-6,8-11,14-19,31,34,37,42,44H,1,3-4,7,12-13,20-27H2/t31-,34+,37-,38-,39+/m0/s1. The van der Waals surface area contributed by atoms with Gasteiger partial charge in [-0.05, 0) is 75.2 Å². The number of unbranched alkanes of at least 4 members (excludes halogenated alkanes) is 3. The zero-order chi connectivity index (χ0) is 31.0. The Kier molecular flexibility index (Phi) is 8.32. The van der Waals surface area contributed by atoms with Crippen LogP contribution in [0.2, 0.25) is 0 Å². The lowest BCUT2D eigenvalue weighted by Crippen LogP contribution is -2.78. The van der Waals surface area contributed by atoms with E-state index in [-0.39, 0.29) is 29.7 Å². The summed E-state index contributed by atoms with van der Waals surface area (Å²) in [5.41, 5.74) is 2.69. The van der Waals surface area contributed by atoms with Crippen LogP contribution in [0, 0.1) is 0 Å². The molecule has 0 radical (unpaired) electrons. The van der Waals surface area contributed by atoms with Crippen molar-refractivity contribution in [2.75, 3.05) is 26.2 Å². The van der Waals surface area contributed by atoms with E-state index in [1.807, 2.05) is 42.5 Å². The third kappa shape index (κ3) is 5.11. The molecule has 6 nitrogen and oxygen atoms in total. The van der Waals surface area contributed by atoms with Crippen molar-refractivity contribution in [3.05, 3.63) is 108 Å². The maximum Gasteiger partial charge on any atom is 0.176 e. The number of rotatable bonds is 13. The molecule has 2 bridgehead atoms. The molecule has 2 N–H and O–H groups in total. The lowest BCUT2D eigenvalue weighted by atomic mass is 9.48. The number of benzene rings is 3. The molecule has 1 saturated carbocycles. The van der Waals surface area contributed by atoms with Crippen LogP contribution in [0.25, 0.3) is 0 Å². The molecule has 2 heterocycles. The van der Waals surface area contributed by atoms with Gasteiger partial charge in [-0.2, -0.15) is 0 Å². The Morgan fingerprint density at radius 1 is 1.00 bits per heavy atom. The van der Waals surface area contributed by atoms with Gasteiger partial charge in [0.2, 0.25) is 0 Å². The molecule has 6 heteroatoms. The summed E-state index contributed by atoms with van der Waals surface area (Å²) in [5, 5.41) is 23.9. The second-order valence-corrected chi connectivity index (χ2v) is 13.7. The Hall–Kier alpha value is -3.45. The third-order valence-electron chi connectivity index (χ3n) is 11.3. The molecule has 0 aromatic heterocycles. The van der Waals surface area contributed by atoms with Crippen LogP contribution in [0.4, 0.5) is 0 Å². The number of ketones is 1. The Morgan fingerprint density at radius 2 is 1.76 bits per heavy atom. The van der Waals surface area contributed by atoms with E-state index in [0.29, 0.717) is 18.7 Å². The lowest BCUT2D eigenvalue weighted by Gasteiger charge is -2.64. The molecule has 2 aliphatic carbocycles. The first-order valence-corrected chi connectivity index (χ1v) is 16.9. The number of aliphatic hydroxyl groups is 1. The van der Waals surface area contributed by atoms with Crippen molar-refractivity contribution >= 4 is 5.78 Å². The van der Waals surface area contributed by atoms with Gasteiger partial charge in [-0.15, -0.1) is 6.58 Å². The summed E-state index contributed by atoms with van der Waals surface area (Å²) in [6.45, 7) is 6.68. The van der Waals surface area contributed by atoms with E-state index in [4.69, 9.17) is 4.74 Å². The number of Topliss-reactive ketones (excluding diaryl/α,β-unsaturated/α-hetero) is 1. The summed E-state index contributed by atoms with van der Waals surface area (Å²) in [6.07, 6.45) is 9.93. The Labute approximate surface area is 267 Å². The number of likely N-dealkylation sites (tertiary alicyclic amines) is 1. The molecular weight excluding hydrogens is 560 g/mol. The summed E-state index contributed by atoms with van der Waals surface area (Å²) in [5.74, 6) is 0.809. The molecule has 3 aromatic rings. The molecule has 3 aromatic carbocycles. The first-order valence-electron chi connectivity index (χ1n) is 16.9. The summed E-state index contributed by atoms with van der Waals surface area (Å²) in [7, 11) is 0. The number of piperidine rings is 1. The first-order chi connectivity index (χ1) is 22.0. The maximum atomic E-state index is 13.7. The topological polar surface area (TPSA) is 73.2 Å². The molecule has 0 unspecified atom stereocenters. The van der Waals surface area contributed by atoms with Crippen molar-refractivity contribution in [1.29, 1.82) is 0 Å². The number of carbonyl (C=O) groups excluding carboxylic acids is 1. The zero-order valence-corrected chi connectivity index (χ0v) is 26.2. The highest BCUT2D eigenvalue weighted by atomic mass is 16.5. The number of aromatic hydroxyl groups is 1. The van der Waals surface area contributed by atoms with Crippen molar-refractivity contribution in [1.82, 2.24) is 9.80 Å². The number of ether oxygens (including phenoxy) is 1. The van der Waals surface area contributed by atoms with E-state index in [2.05, 4.69) is 46.7 Å². The van der Waals surface area contributed by atoms with Crippen molar-refractivity contribution < 1.29 is 19.7 Å². The van der Waals surface area contributed by atoms with Crippen molar-refractivity contribution in [2.45, 2.75) is 87.0 Å². The molecule has 5 atom stereocenters. The normalized spacial score (nSPS) is 28.0. The van der Waals surface area contributed by atoms with Gasteiger partial charge in [0.25, 0.3) is 0 Å². The quantitative estimate of drug-likeness (QED) is 0.139. The van der Waals surface area contributed by atoms with E-state index >= 15 is 0 Å². The van der Waals surface area contributed by atoms with Gasteiger partial charge in [0.15, 0.2) is 17.3 Å². The van der Waals surface area contributed by atoms with Gasteiger partial charge in [-0.1, -0.05) is 85.6 Å². The molecule has 7 rings (SSSR count). The van der Waals surface area contributed by atoms with Gasteiger partial charge in [0.1, 0.15) is 6.10 Å². The summed E-state index contributed by atoms with van der Waals surface area (Å²) in [4.78, 5) is 18.4. The van der Waals surface area contributed by atoms with Crippen LogP contribution in [0.15, 0.2) is 85.5 Å². The van der Waals surface area contributed by atoms with Crippen LogP contribution in [-0.2, 0) is 18.3 Å². The molecule has 236 valence electrons.